The maximum absolute atomic E-state index is 12.3. The number of methoxy groups -OCH3 is 1. The first-order valence-corrected chi connectivity index (χ1v) is 8.00. The third-order valence-corrected chi connectivity index (χ3v) is 4.27. The molecule has 0 spiro atoms. The predicted octanol–water partition coefficient (Wildman–Crippen LogP) is 1.21. The molecule has 1 rings (SSSR count). The van der Waals surface area contributed by atoms with Gasteiger partial charge in [-0.15, -0.1) is 0 Å². The maximum atomic E-state index is 12.3. The van der Waals surface area contributed by atoms with E-state index in [2.05, 4.69) is 9.84 Å². The Labute approximate surface area is 137 Å². The number of esters is 1. The van der Waals surface area contributed by atoms with Crippen LogP contribution < -0.4 is 11.2 Å². The Morgan fingerprint density at radius 1 is 1.30 bits per heavy atom. The lowest BCUT2D eigenvalue weighted by molar-refractivity contribution is -0.135. The zero-order chi connectivity index (χ0) is 17.6. The molecule has 0 atom stereocenters. The number of hydrogen-bond acceptors (Lipinski definition) is 6. The van der Waals surface area contributed by atoms with Crippen molar-refractivity contribution in [3.05, 3.63) is 40.3 Å². The van der Waals surface area contributed by atoms with Crippen molar-refractivity contribution in [3.63, 3.8) is 0 Å². The quantitative estimate of drug-likeness (QED) is 0.353. The van der Waals surface area contributed by atoms with E-state index in [1.54, 1.807) is 0 Å². The SMILES string of the molecule is COC(=O)C(=C/S(=O)(=O)c1ccc(Cl)cc1)/C(C)=N/NC(N)=O. The van der Waals surface area contributed by atoms with E-state index in [0.29, 0.717) is 10.4 Å². The summed E-state index contributed by atoms with van der Waals surface area (Å²) in [5.74, 6) is -0.935. The Hall–Kier alpha value is -2.39. The van der Waals surface area contributed by atoms with Crippen LogP contribution in [-0.4, -0.2) is 33.2 Å². The molecular weight excluding hydrogens is 346 g/mol. The molecule has 0 heterocycles. The van der Waals surface area contributed by atoms with E-state index < -0.39 is 21.8 Å². The van der Waals surface area contributed by atoms with Crippen molar-refractivity contribution in [2.75, 3.05) is 7.11 Å². The lowest BCUT2D eigenvalue weighted by atomic mass is 10.2. The topological polar surface area (TPSA) is 128 Å². The fourth-order valence-corrected chi connectivity index (χ4v) is 2.79. The van der Waals surface area contributed by atoms with E-state index in [1.165, 1.54) is 31.2 Å². The van der Waals surface area contributed by atoms with Crippen molar-refractivity contribution in [2.45, 2.75) is 11.8 Å². The number of halogens is 1. The first-order valence-electron chi connectivity index (χ1n) is 6.08. The summed E-state index contributed by atoms with van der Waals surface area (Å²) in [6, 6.07) is 4.41. The van der Waals surface area contributed by atoms with Crippen molar-refractivity contribution in [2.24, 2.45) is 10.8 Å². The summed E-state index contributed by atoms with van der Waals surface area (Å²) in [6.45, 7) is 1.32. The fraction of sp³-hybridized carbons (Fsp3) is 0.154. The Balaban J connectivity index is 3.33. The number of carbonyl (C=O) groups is 2. The molecule has 0 aliphatic rings. The number of carbonyl (C=O) groups excluding carboxylic acids is 2. The number of ether oxygens (including phenoxy) is 1. The van der Waals surface area contributed by atoms with Crippen LogP contribution in [0.15, 0.2) is 45.2 Å². The van der Waals surface area contributed by atoms with E-state index in [1.807, 2.05) is 5.43 Å². The summed E-state index contributed by atoms with van der Waals surface area (Å²) < 4.78 is 29.2. The van der Waals surface area contributed by atoms with Crippen LogP contribution in [0.2, 0.25) is 5.02 Å². The summed E-state index contributed by atoms with van der Waals surface area (Å²) in [5.41, 5.74) is 6.32. The van der Waals surface area contributed by atoms with Crippen LogP contribution in [0.1, 0.15) is 6.92 Å². The molecule has 0 aliphatic carbocycles. The van der Waals surface area contributed by atoms with E-state index in [-0.39, 0.29) is 16.2 Å². The van der Waals surface area contributed by atoms with Crippen molar-refractivity contribution >= 4 is 39.2 Å². The van der Waals surface area contributed by atoms with E-state index in [9.17, 15) is 18.0 Å². The molecule has 0 bridgehead atoms. The lowest BCUT2D eigenvalue weighted by Crippen LogP contribution is -2.26. The number of sulfone groups is 1. The maximum Gasteiger partial charge on any atom is 0.340 e. The molecular formula is C13H14ClN3O5S. The smallest absolute Gasteiger partial charge is 0.340 e. The second-order valence-electron chi connectivity index (χ2n) is 4.20. The first kappa shape index (κ1) is 18.7. The number of urea groups is 1. The molecule has 3 N–H and O–H groups in total. The summed E-state index contributed by atoms with van der Waals surface area (Å²) in [5, 5.41) is 4.59. The number of hydrazone groups is 1. The number of nitrogens with one attached hydrogen (secondary N) is 1. The molecule has 0 fully saturated rings. The number of rotatable bonds is 5. The molecule has 8 nitrogen and oxygen atoms in total. The Morgan fingerprint density at radius 3 is 2.35 bits per heavy atom. The molecule has 0 aliphatic heterocycles. The summed E-state index contributed by atoms with van der Waals surface area (Å²) in [4.78, 5) is 22.3. The third kappa shape index (κ3) is 5.38. The van der Waals surface area contributed by atoms with Gasteiger partial charge in [0.2, 0.25) is 9.84 Å². The van der Waals surface area contributed by atoms with Crippen LogP contribution in [0.5, 0.6) is 0 Å². The number of nitrogens with zero attached hydrogens (tertiary/aromatic N) is 1. The van der Waals surface area contributed by atoms with Crippen LogP contribution in [0.3, 0.4) is 0 Å². The normalized spacial score (nSPS) is 12.7. The molecule has 1 aromatic rings. The molecule has 0 saturated heterocycles. The number of hydrogen-bond donors (Lipinski definition) is 2. The minimum absolute atomic E-state index is 0.0704. The molecule has 10 heteroatoms. The Bertz CT molecular complexity index is 769. The lowest BCUT2D eigenvalue weighted by Gasteiger charge is -2.06. The van der Waals surface area contributed by atoms with Gasteiger partial charge in [0.1, 0.15) is 0 Å². The highest BCUT2D eigenvalue weighted by molar-refractivity contribution is 7.94. The van der Waals surface area contributed by atoms with Gasteiger partial charge in [0, 0.05) is 5.02 Å². The summed E-state index contributed by atoms with van der Waals surface area (Å²) in [6.07, 6.45) is 0. The zero-order valence-electron chi connectivity index (χ0n) is 12.2. The summed E-state index contributed by atoms with van der Waals surface area (Å²) >= 11 is 5.71. The van der Waals surface area contributed by atoms with Crippen LogP contribution in [0, 0.1) is 0 Å². The average molecular weight is 360 g/mol. The third-order valence-electron chi connectivity index (χ3n) is 2.54. The highest BCUT2D eigenvalue weighted by Gasteiger charge is 2.20. The molecule has 124 valence electrons. The standard InChI is InChI=1S/C13H14ClN3O5S/c1-8(16-17-13(15)19)11(12(18)22-2)7-23(20,21)10-5-3-9(14)4-6-10/h3-7H,1-2H3,(H3,15,17,19)/b11-7+,16-8+. The van der Waals surface area contributed by atoms with E-state index >= 15 is 0 Å². The predicted molar refractivity (Wildman–Crippen MR) is 84.6 cm³/mol. The number of benzene rings is 1. The molecule has 0 unspecified atom stereocenters. The van der Waals surface area contributed by atoms with Gasteiger partial charge in [-0.2, -0.15) is 5.10 Å². The van der Waals surface area contributed by atoms with Crippen molar-refractivity contribution < 1.29 is 22.7 Å². The van der Waals surface area contributed by atoms with Crippen molar-refractivity contribution in [1.82, 2.24) is 5.43 Å². The van der Waals surface area contributed by atoms with Gasteiger partial charge in [-0.3, -0.25) is 0 Å². The highest BCUT2D eigenvalue weighted by atomic mass is 35.5. The minimum atomic E-state index is -3.96. The van der Waals surface area contributed by atoms with Gasteiger partial charge in [0.05, 0.1) is 28.7 Å². The highest BCUT2D eigenvalue weighted by Crippen LogP contribution is 2.18. The van der Waals surface area contributed by atoms with Crippen molar-refractivity contribution in [1.29, 1.82) is 0 Å². The van der Waals surface area contributed by atoms with Crippen LogP contribution in [-0.2, 0) is 19.4 Å². The second kappa shape index (κ2) is 7.75. The molecule has 23 heavy (non-hydrogen) atoms. The molecule has 0 radical (unpaired) electrons. The van der Waals surface area contributed by atoms with Gasteiger partial charge in [-0.05, 0) is 31.2 Å². The summed E-state index contributed by atoms with van der Waals surface area (Å²) in [7, 11) is -2.88. The molecule has 1 aromatic carbocycles. The number of primary amides is 1. The van der Waals surface area contributed by atoms with Crippen LogP contribution in [0.4, 0.5) is 4.79 Å². The average Bonchev–Trinajstić information content (AvgIpc) is 2.50. The molecule has 0 aromatic heterocycles. The number of nitrogens with two attached hydrogens (primary N) is 1. The fourth-order valence-electron chi connectivity index (χ4n) is 1.44. The largest absolute Gasteiger partial charge is 0.465 e. The first-order chi connectivity index (χ1) is 10.7. The van der Waals surface area contributed by atoms with Gasteiger partial charge >= 0.3 is 12.0 Å². The van der Waals surface area contributed by atoms with Gasteiger partial charge in [0.15, 0.2) is 0 Å². The zero-order valence-corrected chi connectivity index (χ0v) is 13.8. The number of amides is 2. The monoisotopic (exact) mass is 359 g/mol. The van der Waals surface area contributed by atoms with E-state index in [4.69, 9.17) is 17.3 Å². The van der Waals surface area contributed by atoms with Gasteiger partial charge < -0.3 is 10.5 Å². The van der Waals surface area contributed by atoms with E-state index in [0.717, 1.165) is 7.11 Å². The van der Waals surface area contributed by atoms with Crippen LogP contribution >= 0.6 is 11.6 Å². The molecule has 0 saturated carbocycles. The van der Waals surface area contributed by atoms with Gasteiger partial charge in [-0.1, -0.05) is 11.6 Å². The second-order valence-corrected chi connectivity index (χ2v) is 6.43. The van der Waals surface area contributed by atoms with Gasteiger partial charge in [0.25, 0.3) is 0 Å². The minimum Gasteiger partial charge on any atom is -0.465 e. The Morgan fingerprint density at radius 2 is 1.87 bits per heavy atom. The van der Waals surface area contributed by atoms with Crippen LogP contribution in [0.25, 0.3) is 0 Å². The van der Waals surface area contributed by atoms with Gasteiger partial charge in [-0.25, -0.2) is 23.4 Å². The Kier molecular flexibility index (Phi) is 6.28. The molecule has 2 amide bonds. The van der Waals surface area contributed by atoms with Crippen molar-refractivity contribution in [3.8, 4) is 0 Å².